The Balaban J connectivity index is 1.80. The van der Waals surface area contributed by atoms with Crippen molar-refractivity contribution in [2.75, 3.05) is 11.9 Å². The highest BCUT2D eigenvalue weighted by molar-refractivity contribution is 9.10. The van der Waals surface area contributed by atoms with E-state index in [1.807, 2.05) is 0 Å². The van der Waals surface area contributed by atoms with Crippen LogP contribution >= 0.6 is 51.1 Å². The van der Waals surface area contributed by atoms with Gasteiger partial charge in [-0.3, -0.25) is 10.1 Å². The molecular weight excluding hydrogens is 398 g/mol. The minimum atomic E-state index is -0.386. The Hall–Kier alpha value is -1.22. The van der Waals surface area contributed by atoms with Crippen molar-refractivity contribution in [2.24, 2.45) is 0 Å². The molecule has 0 saturated heterocycles. The van der Waals surface area contributed by atoms with Crippen LogP contribution < -0.4 is 15.4 Å². The number of rotatable bonds is 4. The molecular formula is C12H9BrClN3O2S2. The standard InChI is InChI=1S/C12H9BrClN3O2S2/c13-7-1-2-9(8(14)5-7)19-6-10(18)16-11(20)17-12-15-3-4-21-12/h1-5H,6H2,(H2,15,16,17,18,20). The summed E-state index contributed by atoms with van der Waals surface area (Å²) in [5, 5.41) is 8.27. The number of benzene rings is 1. The fourth-order valence-corrected chi connectivity index (χ4v) is 2.85. The number of hydrogen-bond acceptors (Lipinski definition) is 5. The number of amides is 1. The molecule has 110 valence electrons. The van der Waals surface area contributed by atoms with Gasteiger partial charge in [0.05, 0.1) is 5.02 Å². The van der Waals surface area contributed by atoms with Crippen LogP contribution in [-0.2, 0) is 4.79 Å². The quantitative estimate of drug-likeness (QED) is 0.762. The second-order valence-corrected chi connectivity index (χ2v) is 6.33. The average molecular weight is 407 g/mol. The minimum absolute atomic E-state index is 0.167. The fraction of sp³-hybridized carbons (Fsp3) is 0.0833. The van der Waals surface area contributed by atoms with Crippen molar-refractivity contribution in [1.82, 2.24) is 10.3 Å². The predicted molar refractivity (Wildman–Crippen MR) is 91.1 cm³/mol. The first-order chi connectivity index (χ1) is 10.0. The molecule has 1 aromatic heterocycles. The molecule has 0 atom stereocenters. The van der Waals surface area contributed by atoms with Gasteiger partial charge in [-0.2, -0.15) is 0 Å². The Kier molecular flexibility index (Phi) is 5.92. The van der Waals surface area contributed by atoms with Gasteiger partial charge in [0.2, 0.25) is 0 Å². The lowest BCUT2D eigenvalue weighted by atomic mass is 10.3. The first-order valence-corrected chi connectivity index (χ1v) is 8.08. The molecule has 1 heterocycles. The number of hydrogen-bond donors (Lipinski definition) is 2. The Morgan fingerprint density at radius 2 is 2.33 bits per heavy atom. The SMILES string of the molecule is O=C(COc1ccc(Br)cc1Cl)NC(=S)Nc1nccs1. The van der Waals surface area contributed by atoms with Gasteiger partial charge in [-0.15, -0.1) is 11.3 Å². The molecule has 1 aromatic carbocycles. The van der Waals surface area contributed by atoms with Crippen molar-refractivity contribution in [3.63, 3.8) is 0 Å². The molecule has 0 saturated carbocycles. The van der Waals surface area contributed by atoms with E-state index in [9.17, 15) is 4.79 Å². The molecule has 1 amide bonds. The molecule has 2 N–H and O–H groups in total. The smallest absolute Gasteiger partial charge is 0.264 e. The first kappa shape index (κ1) is 16.2. The lowest BCUT2D eigenvalue weighted by Crippen LogP contribution is -2.37. The maximum Gasteiger partial charge on any atom is 0.264 e. The van der Waals surface area contributed by atoms with E-state index in [2.05, 4.69) is 31.5 Å². The van der Waals surface area contributed by atoms with Gasteiger partial charge in [0.15, 0.2) is 16.9 Å². The van der Waals surface area contributed by atoms with E-state index >= 15 is 0 Å². The molecule has 0 bridgehead atoms. The predicted octanol–water partition coefficient (Wildman–Crippen LogP) is 3.45. The summed E-state index contributed by atoms with van der Waals surface area (Å²) in [7, 11) is 0. The monoisotopic (exact) mass is 405 g/mol. The Bertz CT molecular complexity index is 652. The first-order valence-electron chi connectivity index (χ1n) is 5.63. The summed E-state index contributed by atoms with van der Waals surface area (Å²) in [6.07, 6.45) is 1.63. The van der Waals surface area contributed by atoms with Gasteiger partial charge in [0.25, 0.3) is 5.91 Å². The van der Waals surface area contributed by atoms with Crippen LogP contribution in [0.3, 0.4) is 0 Å². The number of nitrogens with one attached hydrogen (secondary N) is 2. The topological polar surface area (TPSA) is 63.2 Å². The normalized spacial score (nSPS) is 10.0. The molecule has 0 spiro atoms. The molecule has 0 aliphatic carbocycles. The van der Waals surface area contributed by atoms with Crippen molar-refractivity contribution in [3.8, 4) is 5.75 Å². The summed E-state index contributed by atoms with van der Waals surface area (Å²) < 4.78 is 6.16. The van der Waals surface area contributed by atoms with E-state index in [-0.39, 0.29) is 17.6 Å². The third kappa shape index (κ3) is 5.24. The molecule has 9 heteroatoms. The number of carbonyl (C=O) groups excluding carboxylic acids is 1. The van der Waals surface area contributed by atoms with Crippen LogP contribution in [0.25, 0.3) is 0 Å². The summed E-state index contributed by atoms with van der Waals surface area (Å²) in [4.78, 5) is 15.7. The second-order valence-electron chi connectivity index (χ2n) is 3.70. The molecule has 0 fully saturated rings. The number of carbonyl (C=O) groups is 1. The number of ether oxygens (including phenoxy) is 1. The summed E-state index contributed by atoms with van der Waals surface area (Å²) >= 11 is 15.6. The van der Waals surface area contributed by atoms with Crippen molar-refractivity contribution in [1.29, 1.82) is 0 Å². The molecule has 0 aliphatic heterocycles. The van der Waals surface area contributed by atoms with Gasteiger partial charge in [-0.25, -0.2) is 4.98 Å². The fourth-order valence-electron chi connectivity index (χ4n) is 1.31. The van der Waals surface area contributed by atoms with Gasteiger partial charge in [0.1, 0.15) is 5.75 Å². The molecule has 2 aromatic rings. The third-order valence-corrected chi connectivity index (χ3v) is 3.84. The minimum Gasteiger partial charge on any atom is -0.482 e. The Labute approximate surface area is 143 Å². The number of thiazole rings is 1. The Morgan fingerprint density at radius 1 is 1.52 bits per heavy atom. The van der Waals surface area contributed by atoms with Crippen LogP contribution in [-0.4, -0.2) is 22.6 Å². The van der Waals surface area contributed by atoms with E-state index in [0.29, 0.717) is 15.9 Å². The summed E-state index contributed by atoms with van der Waals surface area (Å²) in [6, 6.07) is 5.13. The second kappa shape index (κ2) is 7.69. The van der Waals surface area contributed by atoms with E-state index in [1.165, 1.54) is 11.3 Å². The molecule has 0 radical (unpaired) electrons. The van der Waals surface area contributed by atoms with Crippen LogP contribution in [0.1, 0.15) is 0 Å². The van der Waals surface area contributed by atoms with Crippen LogP contribution in [0.2, 0.25) is 5.02 Å². The van der Waals surface area contributed by atoms with Crippen molar-refractivity contribution in [2.45, 2.75) is 0 Å². The number of halogens is 2. The molecule has 0 unspecified atom stereocenters. The zero-order valence-electron chi connectivity index (χ0n) is 10.4. The average Bonchev–Trinajstić information content (AvgIpc) is 2.90. The van der Waals surface area contributed by atoms with Crippen LogP contribution in [0, 0.1) is 0 Å². The highest BCUT2D eigenvalue weighted by Gasteiger charge is 2.08. The molecule has 5 nitrogen and oxygen atoms in total. The highest BCUT2D eigenvalue weighted by atomic mass is 79.9. The lowest BCUT2D eigenvalue weighted by molar-refractivity contribution is -0.121. The van der Waals surface area contributed by atoms with E-state index in [4.69, 9.17) is 28.6 Å². The number of anilines is 1. The van der Waals surface area contributed by atoms with E-state index < -0.39 is 0 Å². The third-order valence-electron chi connectivity index (χ3n) is 2.16. The molecule has 2 rings (SSSR count). The van der Waals surface area contributed by atoms with E-state index in [0.717, 1.165) is 4.47 Å². The zero-order valence-corrected chi connectivity index (χ0v) is 14.4. The van der Waals surface area contributed by atoms with Gasteiger partial charge in [-0.1, -0.05) is 27.5 Å². The van der Waals surface area contributed by atoms with Crippen LogP contribution in [0.15, 0.2) is 34.2 Å². The van der Waals surface area contributed by atoms with Crippen molar-refractivity contribution >= 4 is 67.2 Å². The maximum absolute atomic E-state index is 11.7. The summed E-state index contributed by atoms with van der Waals surface area (Å²) in [6.45, 7) is -0.193. The van der Waals surface area contributed by atoms with Crippen LogP contribution in [0.4, 0.5) is 5.13 Å². The molecule has 0 aliphatic rings. The van der Waals surface area contributed by atoms with Crippen LogP contribution in [0.5, 0.6) is 5.75 Å². The zero-order chi connectivity index (χ0) is 15.2. The van der Waals surface area contributed by atoms with Crippen molar-refractivity contribution < 1.29 is 9.53 Å². The number of thiocarbonyl (C=S) groups is 1. The number of nitrogens with zero attached hydrogens (tertiary/aromatic N) is 1. The molecule has 21 heavy (non-hydrogen) atoms. The van der Waals surface area contributed by atoms with Gasteiger partial charge >= 0.3 is 0 Å². The van der Waals surface area contributed by atoms with Gasteiger partial charge in [-0.05, 0) is 30.4 Å². The number of aromatic nitrogens is 1. The lowest BCUT2D eigenvalue weighted by Gasteiger charge is -2.09. The van der Waals surface area contributed by atoms with E-state index in [1.54, 1.807) is 29.8 Å². The maximum atomic E-state index is 11.7. The van der Waals surface area contributed by atoms with Crippen molar-refractivity contribution in [3.05, 3.63) is 39.3 Å². The van der Waals surface area contributed by atoms with Gasteiger partial charge in [0, 0.05) is 16.0 Å². The van der Waals surface area contributed by atoms with Gasteiger partial charge < -0.3 is 10.1 Å². The largest absolute Gasteiger partial charge is 0.482 e. The Morgan fingerprint density at radius 3 is 3.00 bits per heavy atom. The summed E-state index contributed by atoms with van der Waals surface area (Å²) in [5.41, 5.74) is 0. The summed E-state index contributed by atoms with van der Waals surface area (Å²) in [5.74, 6) is 0.0388. The highest BCUT2D eigenvalue weighted by Crippen LogP contribution is 2.27.